The number of benzene rings is 2. The largest absolute Gasteiger partial charge is 0.271 e. The van der Waals surface area contributed by atoms with Gasteiger partial charge in [-0.05, 0) is 35.7 Å². The molecule has 0 amide bonds. The average molecular weight is 326 g/mol. The van der Waals surface area contributed by atoms with Crippen molar-refractivity contribution in [2.75, 3.05) is 0 Å². The molecule has 0 saturated heterocycles. The van der Waals surface area contributed by atoms with Gasteiger partial charge in [0.1, 0.15) is 0 Å². The van der Waals surface area contributed by atoms with E-state index < -0.39 is 0 Å². The summed E-state index contributed by atoms with van der Waals surface area (Å²) in [6.45, 7) is 2.06. The number of hydrogen-bond donors (Lipinski definition) is 2. The summed E-state index contributed by atoms with van der Waals surface area (Å²) in [6, 6.07) is 13.8. The summed E-state index contributed by atoms with van der Waals surface area (Å²) in [5.74, 6) is 5.69. The molecule has 2 nitrogen and oxygen atoms in total. The number of halogens is 2. The van der Waals surface area contributed by atoms with Crippen LogP contribution in [0.5, 0.6) is 0 Å². The van der Waals surface area contributed by atoms with Gasteiger partial charge in [-0.25, -0.2) is 5.43 Å². The Morgan fingerprint density at radius 2 is 1.89 bits per heavy atom. The van der Waals surface area contributed by atoms with Crippen molar-refractivity contribution >= 4 is 27.5 Å². The molecule has 0 aliphatic carbocycles. The second-order valence-electron chi connectivity index (χ2n) is 4.12. The zero-order valence-corrected chi connectivity index (χ0v) is 12.3. The highest BCUT2D eigenvalue weighted by Crippen LogP contribution is 2.31. The van der Waals surface area contributed by atoms with Gasteiger partial charge in [0.25, 0.3) is 0 Å². The SMILES string of the molecule is Cc1ccccc1C(NN)c1ccc(Br)cc1Cl. The molecule has 18 heavy (non-hydrogen) atoms. The van der Waals surface area contributed by atoms with Crippen LogP contribution in [-0.2, 0) is 0 Å². The first-order chi connectivity index (χ1) is 8.63. The Morgan fingerprint density at radius 3 is 2.50 bits per heavy atom. The van der Waals surface area contributed by atoms with Gasteiger partial charge in [-0.2, -0.15) is 0 Å². The zero-order chi connectivity index (χ0) is 13.1. The molecule has 94 valence electrons. The molecule has 0 fully saturated rings. The molecule has 1 unspecified atom stereocenters. The number of aryl methyl sites for hydroxylation is 1. The molecule has 0 bridgehead atoms. The van der Waals surface area contributed by atoms with Gasteiger partial charge in [-0.1, -0.05) is 57.9 Å². The Morgan fingerprint density at radius 1 is 1.17 bits per heavy atom. The van der Waals surface area contributed by atoms with Gasteiger partial charge in [-0.15, -0.1) is 0 Å². The topological polar surface area (TPSA) is 38.0 Å². The highest BCUT2D eigenvalue weighted by atomic mass is 79.9. The molecule has 0 heterocycles. The van der Waals surface area contributed by atoms with Crippen LogP contribution in [0, 0.1) is 6.92 Å². The molecule has 0 radical (unpaired) electrons. The van der Waals surface area contributed by atoms with Gasteiger partial charge in [-0.3, -0.25) is 5.84 Å². The molecule has 0 aliphatic rings. The molecule has 0 aromatic heterocycles. The van der Waals surface area contributed by atoms with Gasteiger partial charge < -0.3 is 0 Å². The van der Waals surface area contributed by atoms with Crippen LogP contribution >= 0.6 is 27.5 Å². The van der Waals surface area contributed by atoms with Crippen molar-refractivity contribution in [3.8, 4) is 0 Å². The van der Waals surface area contributed by atoms with Crippen molar-refractivity contribution in [3.05, 3.63) is 68.7 Å². The number of nitrogens with two attached hydrogens (primary N) is 1. The molecule has 2 aromatic carbocycles. The zero-order valence-electron chi connectivity index (χ0n) is 9.95. The monoisotopic (exact) mass is 324 g/mol. The first kappa shape index (κ1) is 13.6. The van der Waals surface area contributed by atoms with E-state index in [0.29, 0.717) is 5.02 Å². The Labute approximate surface area is 120 Å². The van der Waals surface area contributed by atoms with Gasteiger partial charge in [0.05, 0.1) is 6.04 Å². The van der Waals surface area contributed by atoms with E-state index in [9.17, 15) is 0 Å². The number of hydrazine groups is 1. The quantitative estimate of drug-likeness (QED) is 0.662. The summed E-state index contributed by atoms with van der Waals surface area (Å²) in [6.07, 6.45) is 0. The van der Waals surface area contributed by atoms with Crippen LogP contribution in [0.4, 0.5) is 0 Å². The third kappa shape index (κ3) is 2.75. The summed E-state index contributed by atoms with van der Waals surface area (Å²) in [7, 11) is 0. The predicted octanol–water partition coefficient (Wildman–Crippen LogP) is 3.96. The first-order valence-electron chi connectivity index (χ1n) is 5.60. The number of rotatable bonds is 3. The van der Waals surface area contributed by atoms with Crippen LogP contribution in [0.2, 0.25) is 5.02 Å². The van der Waals surface area contributed by atoms with Crippen molar-refractivity contribution in [1.29, 1.82) is 0 Å². The molecule has 0 spiro atoms. The van der Waals surface area contributed by atoms with E-state index in [1.807, 2.05) is 30.3 Å². The van der Waals surface area contributed by atoms with Gasteiger partial charge in [0.2, 0.25) is 0 Å². The lowest BCUT2D eigenvalue weighted by molar-refractivity contribution is 0.634. The summed E-state index contributed by atoms with van der Waals surface area (Å²) < 4.78 is 0.955. The third-order valence-electron chi connectivity index (χ3n) is 2.94. The fraction of sp³-hybridized carbons (Fsp3) is 0.143. The summed E-state index contributed by atoms with van der Waals surface area (Å²) in [5, 5.41) is 0.690. The fourth-order valence-electron chi connectivity index (χ4n) is 1.99. The molecular formula is C14H14BrClN2. The number of nitrogens with one attached hydrogen (secondary N) is 1. The van der Waals surface area contributed by atoms with Crippen LogP contribution < -0.4 is 11.3 Å². The van der Waals surface area contributed by atoms with E-state index in [4.69, 9.17) is 17.4 Å². The maximum atomic E-state index is 6.28. The van der Waals surface area contributed by atoms with Crippen LogP contribution in [-0.4, -0.2) is 0 Å². The van der Waals surface area contributed by atoms with Crippen LogP contribution in [0.1, 0.15) is 22.7 Å². The molecule has 3 N–H and O–H groups in total. The lowest BCUT2D eigenvalue weighted by Crippen LogP contribution is -2.29. The highest BCUT2D eigenvalue weighted by molar-refractivity contribution is 9.10. The minimum absolute atomic E-state index is 0.105. The Hall–Kier alpha value is -0.870. The fourth-order valence-corrected chi connectivity index (χ4v) is 2.78. The van der Waals surface area contributed by atoms with Crippen LogP contribution in [0.25, 0.3) is 0 Å². The maximum absolute atomic E-state index is 6.28. The molecule has 1 atom stereocenters. The molecule has 2 rings (SSSR count). The van der Waals surface area contributed by atoms with Crippen molar-refractivity contribution in [2.45, 2.75) is 13.0 Å². The molecule has 0 saturated carbocycles. The number of hydrogen-bond acceptors (Lipinski definition) is 2. The first-order valence-corrected chi connectivity index (χ1v) is 6.77. The van der Waals surface area contributed by atoms with E-state index in [2.05, 4.69) is 40.4 Å². The summed E-state index contributed by atoms with van der Waals surface area (Å²) in [4.78, 5) is 0. The molecule has 4 heteroatoms. The minimum Gasteiger partial charge on any atom is -0.271 e. The van der Waals surface area contributed by atoms with Crippen LogP contribution in [0.15, 0.2) is 46.9 Å². The maximum Gasteiger partial charge on any atom is 0.0727 e. The van der Waals surface area contributed by atoms with Gasteiger partial charge >= 0.3 is 0 Å². The Balaban J connectivity index is 2.49. The predicted molar refractivity (Wildman–Crippen MR) is 79.5 cm³/mol. The second-order valence-corrected chi connectivity index (χ2v) is 5.44. The molecule has 2 aromatic rings. The van der Waals surface area contributed by atoms with Crippen molar-refractivity contribution in [2.24, 2.45) is 5.84 Å². The highest BCUT2D eigenvalue weighted by Gasteiger charge is 2.17. The van der Waals surface area contributed by atoms with Crippen molar-refractivity contribution in [1.82, 2.24) is 5.43 Å². The van der Waals surface area contributed by atoms with Gasteiger partial charge in [0, 0.05) is 9.50 Å². The lowest BCUT2D eigenvalue weighted by atomic mass is 9.95. The molecular weight excluding hydrogens is 312 g/mol. The van der Waals surface area contributed by atoms with E-state index >= 15 is 0 Å². The smallest absolute Gasteiger partial charge is 0.0727 e. The van der Waals surface area contributed by atoms with E-state index in [-0.39, 0.29) is 6.04 Å². The Kier molecular flexibility index (Phi) is 4.40. The van der Waals surface area contributed by atoms with Gasteiger partial charge in [0.15, 0.2) is 0 Å². The van der Waals surface area contributed by atoms with E-state index in [1.165, 1.54) is 5.56 Å². The Bertz CT molecular complexity index is 557. The van der Waals surface area contributed by atoms with E-state index in [1.54, 1.807) is 0 Å². The summed E-state index contributed by atoms with van der Waals surface area (Å²) >= 11 is 9.68. The van der Waals surface area contributed by atoms with E-state index in [0.717, 1.165) is 15.6 Å². The lowest BCUT2D eigenvalue weighted by Gasteiger charge is -2.20. The van der Waals surface area contributed by atoms with Crippen molar-refractivity contribution in [3.63, 3.8) is 0 Å². The third-order valence-corrected chi connectivity index (χ3v) is 3.76. The second kappa shape index (κ2) is 5.85. The average Bonchev–Trinajstić information content (AvgIpc) is 2.34. The summed E-state index contributed by atoms with van der Waals surface area (Å²) in [5.41, 5.74) is 6.11. The van der Waals surface area contributed by atoms with Crippen LogP contribution in [0.3, 0.4) is 0 Å². The van der Waals surface area contributed by atoms with Crippen molar-refractivity contribution < 1.29 is 0 Å². The minimum atomic E-state index is -0.105. The molecule has 0 aliphatic heterocycles. The normalized spacial score (nSPS) is 12.4. The standard InChI is InChI=1S/C14H14BrClN2/c1-9-4-2-3-5-11(9)14(18-17)12-7-6-10(15)8-13(12)16/h2-8,14,18H,17H2,1H3.